The molecule has 0 aliphatic carbocycles. The minimum absolute atomic E-state index is 0.196. The Kier molecular flexibility index (Phi) is 4.11. The lowest BCUT2D eigenvalue weighted by Crippen LogP contribution is -2.42. The molecule has 18 heavy (non-hydrogen) atoms. The molecule has 0 bridgehead atoms. The number of rotatable bonds is 3. The predicted octanol–water partition coefficient (Wildman–Crippen LogP) is 2.32. The van der Waals surface area contributed by atoms with E-state index in [1.54, 1.807) is 45.0 Å². The molecule has 0 fully saturated rings. The maximum atomic E-state index is 12.1. The number of carboxylic acid groups (broad SMARTS) is 1. The van der Waals surface area contributed by atoms with E-state index in [2.05, 4.69) is 0 Å². The van der Waals surface area contributed by atoms with E-state index in [9.17, 15) is 14.7 Å². The number of likely N-dealkylation sites (N-methyl/N-ethyl adjacent to an activating group) is 1. The molecule has 0 aromatic heterocycles. The molecule has 1 atom stereocenters. The van der Waals surface area contributed by atoms with E-state index in [4.69, 9.17) is 0 Å². The maximum Gasteiger partial charge on any atom is 0.331 e. The van der Waals surface area contributed by atoms with Crippen LogP contribution in [-0.2, 0) is 9.59 Å². The van der Waals surface area contributed by atoms with Crippen LogP contribution in [0.5, 0.6) is 0 Å². The summed E-state index contributed by atoms with van der Waals surface area (Å²) in [5.74, 6) is -1.22. The van der Waals surface area contributed by atoms with Gasteiger partial charge in [-0.3, -0.25) is 4.79 Å². The van der Waals surface area contributed by atoms with Crippen molar-refractivity contribution in [2.75, 3.05) is 7.05 Å². The Morgan fingerprint density at radius 1 is 1.17 bits per heavy atom. The van der Waals surface area contributed by atoms with Gasteiger partial charge in [0.2, 0.25) is 5.91 Å². The van der Waals surface area contributed by atoms with Gasteiger partial charge in [-0.25, -0.2) is 4.79 Å². The van der Waals surface area contributed by atoms with E-state index in [0.29, 0.717) is 5.56 Å². The second-order valence-corrected chi connectivity index (χ2v) is 5.32. The third-order valence-corrected chi connectivity index (χ3v) is 2.70. The minimum atomic E-state index is -1.03. The molecule has 1 rings (SSSR count). The molecule has 0 saturated heterocycles. The highest BCUT2D eigenvalue weighted by Gasteiger charge is 2.33. The van der Waals surface area contributed by atoms with Gasteiger partial charge < -0.3 is 10.0 Å². The van der Waals surface area contributed by atoms with Crippen molar-refractivity contribution in [3.8, 4) is 0 Å². The summed E-state index contributed by atoms with van der Waals surface area (Å²) < 4.78 is 0. The van der Waals surface area contributed by atoms with E-state index in [0.717, 1.165) is 0 Å². The van der Waals surface area contributed by atoms with Crippen molar-refractivity contribution in [3.05, 3.63) is 35.9 Å². The van der Waals surface area contributed by atoms with Crippen molar-refractivity contribution in [3.63, 3.8) is 0 Å². The molecule has 0 radical (unpaired) electrons. The number of hydrogen-bond donors (Lipinski definition) is 1. The van der Waals surface area contributed by atoms with Crippen LogP contribution in [0, 0.1) is 5.41 Å². The van der Waals surface area contributed by atoms with Crippen LogP contribution < -0.4 is 0 Å². The van der Waals surface area contributed by atoms with Crippen LogP contribution in [0.3, 0.4) is 0 Å². The molecule has 1 N–H and O–H groups in total. The zero-order chi connectivity index (χ0) is 13.9. The average Bonchev–Trinajstić information content (AvgIpc) is 2.27. The number of carbonyl (C=O) groups is 2. The Hall–Kier alpha value is -1.84. The zero-order valence-corrected chi connectivity index (χ0v) is 11.2. The predicted molar refractivity (Wildman–Crippen MR) is 69.0 cm³/mol. The summed E-state index contributed by atoms with van der Waals surface area (Å²) in [6.07, 6.45) is 0. The first kappa shape index (κ1) is 14.2. The van der Waals surface area contributed by atoms with Gasteiger partial charge in [-0.2, -0.15) is 0 Å². The van der Waals surface area contributed by atoms with Crippen LogP contribution in [0.25, 0.3) is 0 Å². The second-order valence-electron chi connectivity index (χ2n) is 5.32. The van der Waals surface area contributed by atoms with Gasteiger partial charge in [0, 0.05) is 12.5 Å². The van der Waals surface area contributed by atoms with Crippen LogP contribution in [0.2, 0.25) is 0 Å². The van der Waals surface area contributed by atoms with Gasteiger partial charge >= 0.3 is 5.97 Å². The van der Waals surface area contributed by atoms with Crippen LogP contribution >= 0.6 is 0 Å². The van der Waals surface area contributed by atoms with Gasteiger partial charge in [-0.1, -0.05) is 51.1 Å². The largest absolute Gasteiger partial charge is 0.479 e. The second kappa shape index (κ2) is 5.21. The van der Waals surface area contributed by atoms with Crippen molar-refractivity contribution in [1.29, 1.82) is 0 Å². The van der Waals surface area contributed by atoms with Gasteiger partial charge in [-0.15, -0.1) is 0 Å². The van der Waals surface area contributed by atoms with E-state index in [-0.39, 0.29) is 5.91 Å². The Morgan fingerprint density at radius 2 is 1.67 bits per heavy atom. The highest BCUT2D eigenvalue weighted by molar-refractivity contribution is 5.87. The van der Waals surface area contributed by atoms with Crippen molar-refractivity contribution >= 4 is 11.9 Å². The maximum absolute atomic E-state index is 12.1. The molecule has 1 amide bonds. The number of carbonyl (C=O) groups excluding carboxylic acids is 1. The summed E-state index contributed by atoms with van der Waals surface area (Å²) in [6, 6.07) is 7.82. The molecule has 4 nitrogen and oxygen atoms in total. The van der Waals surface area contributed by atoms with Crippen LogP contribution in [0.1, 0.15) is 32.4 Å². The lowest BCUT2D eigenvalue weighted by atomic mass is 9.93. The van der Waals surface area contributed by atoms with Gasteiger partial charge in [0.05, 0.1) is 0 Å². The molecular formula is C14H19NO3. The highest BCUT2D eigenvalue weighted by Crippen LogP contribution is 2.25. The standard InChI is InChI=1S/C14H19NO3/c1-14(2,3)13(18)15(4)11(12(16)17)10-8-6-5-7-9-10/h5-9,11H,1-4H3,(H,16,17)/t11-/m0/s1. The Balaban J connectivity index is 3.08. The fraction of sp³-hybridized carbons (Fsp3) is 0.429. The van der Waals surface area contributed by atoms with Crippen molar-refractivity contribution in [1.82, 2.24) is 4.90 Å². The normalized spacial score (nSPS) is 12.9. The summed E-state index contributed by atoms with van der Waals surface area (Å²) in [5.41, 5.74) is 0.00197. The van der Waals surface area contributed by atoms with E-state index < -0.39 is 17.4 Å². The number of carboxylic acids is 1. The molecule has 0 heterocycles. The molecule has 0 aliphatic rings. The smallest absolute Gasteiger partial charge is 0.331 e. The Labute approximate surface area is 107 Å². The summed E-state index contributed by atoms with van der Waals surface area (Å²) in [7, 11) is 1.53. The van der Waals surface area contributed by atoms with Crippen molar-refractivity contribution < 1.29 is 14.7 Å². The Morgan fingerprint density at radius 3 is 2.06 bits per heavy atom. The fourth-order valence-electron chi connectivity index (χ4n) is 1.81. The van der Waals surface area contributed by atoms with Crippen molar-refractivity contribution in [2.45, 2.75) is 26.8 Å². The van der Waals surface area contributed by atoms with Crippen LogP contribution in [-0.4, -0.2) is 28.9 Å². The highest BCUT2D eigenvalue weighted by atomic mass is 16.4. The molecule has 4 heteroatoms. The van der Waals surface area contributed by atoms with E-state index in [1.807, 2.05) is 6.07 Å². The fourth-order valence-corrected chi connectivity index (χ4v) is 1.81. The first-order valence-corrected chi connectivity index (χ1v) is 5.80. The monoisotopic (exact) mass is 249 g/mol. The lowest BCUT2D eigenvalue weighted by Gasteiger charge is -2.30. The quantitative estimate of drug-likeness (QED) is 0.894. The molecule has 98 valence electrons. The van der Waals surface area contributed by atoms with Crippen LogP contribution in [0.15, 0.2) is 30.3 Å². The summed E-state index contributed by atoms with van der Waals surface area (Å²) in [4.78, 5) is 24.8. The molecule has 1 aromatic carbocycles. The zero-order valence-electron chi connectivity index (χ0n) is 11.2. The number of aliphatic carboxylic acids is 1. The Bertz CT molecular complexity index is 434. The van der Waals surface area contributed by atoms with E-state index >= 15 is 0 Å². The van der Waals surface area contributed by atoms with Crippen LogP contribution in [0.4, 0.5) is 0 Å². The number of nitrogens with zero attached hydrogens (tertiary/aromatic N) is 1. The summed E-state index contributed by atoms with van der Waals surface area (Å²) in [5, 5.41) is 9.32. The summed E-state index contributed by atoms with van der Waals surface area (Å²) in [6.45, 7) is 5.32. The number of hydrogen-bond acceptors (Lipinski definition) is 2. The molecule has 0 spiro atoms. The third kappa shape index (κ3) is 3.09. The lowest BCUT2D eigenvalue weighted by molar-refractivity contribution is -0.152. The van der Waals surface area contributed by atoms with Gasteiger partial charge in [0.1, 0.15) is 0 Å². The third-order valence-electron chi connectivity index (χ3n) is 2.70. The summed E-state index contributed by atoms with van der Waals surface area (Å²) >= 11 is 0. The first-order chi connectivity index (χ1) is 8.25. The van der Waals surface area contributed by atoms with Gasteiger partial charge in [-0.05, 0) is 5.56 Å². The first-order valence-electron chi connectivity index (χ1n) is 5.80. The molecular weight excluding hydrogens is 230 g/mol. The van der Waals surface area contributed by atoms with E-state index in [1.165, 1.54) is 11.9 Å². The van der Waals surface area contributed by atoms with Crippen molar-refractivity contribution in [2.24, 2.45) is 5.41 Å². The SMILES string of the molecule is CN(C(=O)C(C)(C)C)[C@H](C(=O)O)c1ccccc1. The topological polar surface area (TPSA) is 57.6 Å². The average molecular weight is 249 g/mol. The van der Waals surface area contributed by atoms with Gasteiger partial charge in [0.25, 0.3) is 0 Å². The minimum Gasteiger partial charge on any atom is -0.479 e. The molecule has 0 saturated carbocycles. The molecule has 0 unspecified atom stereocenters. The number of benzene rings is 1. The molecule has 1 aromatic rings. The van der Waals surface area contributed by atoms with Gasteiger partial charge in [0.15, 0.2) is 6.04 Å². The molecule has 0 aliphatic heterocycles. The number of amides is 1.